The highest BCUT2D eigenvalue weighted by Gasteiger charge is 2.12. The van der Waals surface area contributed by atoms with Crippen LogP contribution in [0.15, 0.2) is 24.3 Å². The maximum atomic E-state index is 13.8. The zero-order valence-electron chi connectivity index (χ0n) is 11.5. The van der Waals surface area contributed by atoms with Gasteiger partial charge in [0.25, 0.3) is 5.91 Å². The van der Waals surface area contributed by atoms with E-state index in [-0.39, 0.29) is 5.56 Å². The number of hydrogen-bond acceptors (Lipinski definition) is 2. The summed E-state index contributed by atoms with van der Waals surface area (Å²) in [6, 6.07) is 3.99. The molecule has 0 aliphatic carbocycles. The number of carboxylic acids is 1. The van der Waals surface area contributed by atoms with Crippen LogP contribution in [-0.2, 0) is 4.79 Å². The molecular weight excluding hydrogens is 261 g/mol. The van der Waals surface area contributed by atoms with Crippen molar-refractivity contribution in [1.29, 1.82) is 0 Å². The van der Waals surface area contributed by atoms with E-state index in [2.05, 4.69) is 5.32 Å². The lowest BCUT2D eigenvalue weighted by atomic mass is 10.1. The van der Waals surface area contributed by atoms with Crippen LogP contribution < -0.4 is 5.32 Å². The molecule has 2 N–H and O–H groups in total. The fourth-order valence-electron chi connectivity index (χ4n) is 1.49. The van der Waals surface area contributed by atoms with Crippen molar-refractivity contribution in [1.82, 2.24) is 5.32 Å². The molecule has 1 atom stereocenters. The van der Waals surface area contributed by atoms with Crippen molar-refractivity contribution in [3.05, 3.63) is 41.2 Å². The minimum atomic E-state index is -1.11. The molecule has 0 saturated carbocycles. The summed E-state index contributed by atoms with van der Waals surface area (Å²) in [5.41, 5.74) is 0.351. The highest BCUT2D eigenvalue weighted by Crippen LogP contribution is 2.12. The summed E-state index contributed by atoms with van der Waals surface area (Å²) in [6.45, 7) is 4.51. The number of amides is 1. The van der Waals surface area contributed by atoms with Crippen LogP contribution in [0.3, 0.4) is 0 Å². The highest BCUT2D eigenvalue weighted by molar-refractivity contribution is 5.94. The third-order valence-electron chi connectivity index (χ3n) is 2.96. The van der Waals surface area contributed by atoms with E-state index in [1.807, 2.05) is 13.8 Å². The van der Waals surface area contributed by atoms with Crippen molar-refractivity contribution in [3.8, 4) is 0 Å². The minimum Gasteiger partial charge on any atom is -0.478 e. The smallest absolute Gasteiger partial charge is 0.328 e. The van der Waals surface area contributed by atoms with Gasteiger partial charge in [0.15, 0.2) is 0 Å². The molecule has 0 bridgehead atoms. The SMILES string of the molecule is CCC(C)CNC(=O)c1ccc(C=CC(=O)O)cc1F. The number of carbonyl (C=O) groups is 2. The monoisotopic (exact) mass is 279 g/mol. The summed E-state index contributed by atoms with van der Waals surface area (Å²) in [7, 11) is 0. The Kier molecular flexibility index (Phi) is 5.90. The molecule has 1 aromatic carbocycles. The molecule has 4 nitrogen and oxygen atoms in total. The fraction of sp³-hybridized carbons (Fsp3) is 0.333. The topological polar surface area (TPSA) is 66.4 Å². The average Bonchev–Trinajstić information content (AvgIpc) is 2.42. The van der Waals surface area contributed by atoms with E-state index in [1.165, 1.54) is 18.2 Å². The summed E-state index contributed by atoms with van der Waals surface area (Å²) in [6.07, 6.45) is 3.12. The standard InChI is InChI=1S/C15H18FNO3/c1-3-10(2)9-17-15(20)12-6-4-11(8-13(12)16)5-7-14(18)19/h4-8,10H,3,9H2,1-2H3,(H,17,20)(H,18,19). The van der Waals surface area contributed by atoms with Crippen LogP contribution >= 0.6 is 0 Å². The molecule has 108 valence electrons. The molecule has 0 saturated heterocycles. The Morgan fingerprint density at radius 1 is 1.45 bits per heavy atom. The van der Waals surface area contributed by atoms with Gasteiger partial charge in [0.05, 0.1) is 5.56 Å². The molecule has 0 aromatic heterocycles. The predicted molar refractivity (Wildman–Crippen MR) is 74.9 cm³/mol. The summed E-state index contributed by atoms with van der Waals surface area (Å²) in [4.78, 5) is 22.2. The van der Waals surface area contributed by atoms with Crippen LogP contribution in [-0.4, -0.2) is 23.5 Å². The first kappa shape index (κ1) is 15.9. The Morgan fingerprint density at radius 3 is 2.70 bits per heavy atom. The second kappa shape index (κ2) is 7.43. The second-order valence-corrected chi connectivity index (χ2v) is 4.63. The molecule has 0 radical (unpaired) electrons. The van der Waals surface area contributed by atoms with Gasteiger partial charge in [-0.05, 0) is 29.7 Å². The van der Waals surface area contributed by atoms with Crippen molar-refractivity contribution < 1.29 is 19.1 Å². The lowest BCUT2D eigenvalue weighted by molar-refractivity contribution is -0.131. The average molecular weight is 279 g/mol. The zero-order chi connectivity index (χ0) is 15.1. The van der Waals surface area contributed by atoms with E-state index in [4.69, 9.17) is 5.11 Å². The molecule has 0 aliphatic rings. The van der Waals surface area contributed by atoms with Gasteiger partial charge in [-0.2, -0.15) is 0 Å². The molecule has 0 fully saturated rings. The van der Waals surface area contributed by atoms with Gasteiger partial charge in [-0.25, -0.2) is 9.18 Å². The van der Waals surface area contributed by atoms with E-state index in [9.17, 15) is 14.0 Å². The van der Waals surface area contributed by atoms with Gasteiger partial charge in [-0.1, -0.05) is 26.3 Å². The van der Waals surface area contributed by atoms with E-state index in [1.54, 1.807) is 0 Å². The van der Waals surface area contributed by atoms with Gasteiger partial charge >= 0.3 is 5.97 Å². The number of nitrogens with one attached hydrogen (secondary N) is 1. The fourth-order valence-corrected chi connectivity index (χ4v) is 1.49. The Bertz CT molecular complexity index is 526. The first-order chi connectivity index (χ1) is 9.43. The normalized spacial score (nSPS) is 12.3. The third-order valence-corrected chi connectivity index (χ3v) is 2.96. The molecule has 0 aliphatic heterocycles. The summed E-state index contributed by atoms with van der Waals surface area (Å²) < 4.78 is 13.8. The van der Waals surface area contributed by atoms with Crippen molar-refractivity contribution >= 4 is 18.0 Å². The lowest BCUT2D eigenvalue weighted by Gasteiger charge is -2.10. The number of benzene rings is 1. The largest absolute Gasteiger partial charge is 0.478 e. The van der Waals surface area contributed by atoms with Gasteiger partial charge in [0.1, 0.15) is 5.82 Å². The molecule has 0 spiro atoms. The predicted octanol–water partition coefficient (Wildman–Crippen LogP) is 2.70. The van der Waals surface area contributed by atoms with E-state index >= 15 is 0 Å². The zero-order valence-corrected chi connectivity index (χ0v) is 11.5. The summed E-state index contributed by atoms with van der Waals surface area (Å²) in [5, 5.41) is 11.2. The van der Waals surface area contributed by atoms with Crippen LogP contribution in [0, 0.1) is 11.7 Å². The van der Waals surface area contributed by atoms with Crippen LogP contribution in [0.2, 0.25) is 0 Å². The summed E-state index contributed by atoms with van der Waals surface area (Å²) in [5.74, 6) is -1.91. The Labute approximate surface area is 117 Å². The van der Waals surface area contributed by atoms with E-state index in [0.29, 0.717) is 18.0 Å². The number of carbonyl (C=O) groups excluding carboxylic acids is 1. The quantitative estimate of drug-likeness (QED) is 0.787. The van der Waals surface area contributed by atoms with Crippen LogP contribution in [0.25, 0.3) is 6.08 Å². The van der Waals surface area contributed by atoms with Crippen LogP contribution in [0.5, 0.6) is 0 Å². The minimum absolute atomic E-state index is 0.0409. The van der Waals surface area contributed by atoms with Gasteiger partial charge in [-0.3, -0.25) is 4.79 Å². The Hall–Kier alpha value is -2.17. The van der Waals surface area contributed by atoms with E-state index in [0.717, 1.165) is 18.6 Å². The van der Waals surface area contributed by atoms with Gasteiger partial charge in [0.2, 0.25) is 0 Å². The van der Waals surface area contributed by atoms with Crippen molar-refractivity contribution in [3.63, 3.8) is 0 Å². The van der Waals surface area contributed by atoms with Gasteiger partial charge in [0, 0.05) is 12.6 Å². The second-order valence-electron chi connectivity index (χ2n) is 4.63. The third kappa shape index (κ3) is 4.84. The van der Waals surface area contributed by atoms with Crippen molar-refractivity contribution in [2.75, 3.05) is 6.54 Å². The molecule has 5 heteroatoms. The van der Waals surface area contributed by atoms with Crippen molar-refractivity contribution in [2.24, 2.45) is 5.92 Å². The Balaban J connectivity index is 2.77. The number of carboxylic acid groups (broad SMARTS) is 1. The van der Waals surface area contributed by atoms with Gasteiger partial charge in [-0.15, -0.1) is 0 Å². The Morgan fingerprint density at radius 2 is 2.15 bits per heavy atom. The molecule has 1 amide bonds. The number of rotatable bonds is 6. The van der Waals surface area contributed by atoms with Crippen molar-refractivity contribution in [2.45, 2.75) is 20.3 Å². The lowest BCUT2D eigenvalue weighted by Crippen LogP contribution is -2.28. The molecular formula is C15H18FNO3. The molecule has 1 rings (SSSR count). The maximum Gasteiger partial charge on any atom is 0.328 e. The molecule has 1 unspecified atom stereocenters. The van der Waals surface area contributed by atoms with E-state index < -0.39 is 17.7 Å². The summed E-state index contributed by atoms with van der Waals surface area (Å²) >= 11 is 0. The first-order valence-electron chi connectivity index (χ1n) is 6.42. The first-order valence-corrected chi connectivity index (χ1v) is 6.42. The number of aliphatic carboxylic acids is 1. The maximum absolute atomic E-state index is 13.8. The molecule has 1 aromatic rings. The number of halogens is 1. The molecule has 20 heavy (non-hydrogen) atoms. The van der Waals surface area contributed by atoms with Crippen LogP contribution in [0.1, 0.15) is 36.2 Å². The molecule has 0 heterocycles. The van der Waals surface area contributed by atoms with Crippen LogP contribution in [0.4, 0.5) is 4.39 Å². The van der Waals surface area contributed by atoms with Gasteiger partial charge < -0.3 is 10.4 Å². The highest BCUT2D eigenvalue weighted by atomic mass is 19.1. The number of hydrogen-bond donors (Lipinski definition) is 2.